The first-order chi connectivity index (χ1) is 7.70. The number of hydrogen-bond donors (Lipinski definition) is 2. The molecule has 1 heterocycles. The number of hydrogen-bond acceptors (Lipinski definition) is 2. The van der Waals surface area contributed by atoms with Gasteiger partial charge in [-0.1, -0.05) is 0 Å². The Morgan fingerprint density at radius 2 is 2.38 bits per heavy atom. The molecule has 0 aliphatic heterocycles. The number of aromatic nitrogens is 1. The van der Waals surface area contributed by atoms with Crippen LogP contribution in [0.25, 0.3) is 10.9 Å². The van der Waals surface area contributed by atoms with E-state index in [1.54, 1.807) is 6.07 Å². The van der Waals surface area contributed by atoms with Gasteiger partial charge in [0.2, 0.25) is 5.91 Å². The maximum absolute atomic E-state index is 10.8. The van der Waals surface area contributed by atoms with Gasteiger partial charge in [-0.25, -0.2) is 0 Å². The van der Waals surface area contributed by atoms with Gasteiger partial charge in [0.1, 0.15) is 0 Å². The predicted octanol–water partition coefficient (Wildman–Crippen LogP) is 1.68. The highest BCUT2D eigenvalue weighted by atomic mass is 16.1. The Morgan fingerprint density at radius 1 is 1.56 bits per heavy atom. The SMILES string of the molecule is CC(=O)NCc1c[nH]c2ccc(C#N)cc12. The van der Waals surface area contributed by atoms with Gasteiger partial charge in [0.05, 0.1) is 11.6 Å². The Labute approximate surface area is 92.9 Å². The second kappa shape index (κ2) is 4.07. The van der Waals surface area contributed by atoms with E-state index in [2.05, 4.69) is 16.4 Å². The van der Waals surface area contributed by atoms with E-state index in [9.17, 15) is 4.79 Å². The van der Waals surface area contributed by atoms with Crippen LogP contribution in [0.2, 0.25) is 0 Å². The lowest BCUT2D eigenvalue weighted by Gasteiger charge is -2.00. The molecule has 0 radical (unpaired) electrons. The molecule has 0 atom stereocenters. The molecular formula is C12H11N3O. The molecular weight excluding hydrogens is 202 g/mol. The van der Waals surface area contributed by atoms with Crippen molar-refractivity contribution in [3.8, 4) is 6.07 Å². The number of H-pyrrole nitrogens is 1. The number of rotatable bonds is 2. The minimum absolute atomic E-state index is 0.0641. The van der Waals surface area contributed by atoms with Crippen molar-refractivity contribution in [2.75, 3.05) is 0 Å². The van der Waals surface area contributed by atoms with Crippen molar-refractivity contribution >= 4 is 16.8 Å². The zero-order chi connectivity index (χ0) is 11.5. The highest BCUT2D eigenvalue weighted by Gasteiger charge is 2.04. The van der Waals surface area contributed by atoms with E-state index >= 15 is 0 Å². The van der Waals surface area contributed by atoms with Gasteiger partial charge in [0.15, 0.2) is 0 Å². The number of carbonyl (C=O) groups is 1. The van der Waals surface area contributed by atoms with E-state index in [0.717, 1.165) is 16.5 Å². The normalized spacial score (nSPS) is 10.0. The van der Waals surface area contributed by atoms with Gasteiger partial charge >= 0.3 is 0 Å². The number of benzene rings is 1. The van der Waals surface area contributed by atoms with Crippen LogP contribution in [-0.2, 0) is 11.3 Å². The molecule has 0 fully saturated rings. The number of nitrogens with zero attached hydrogens (tertiary/aromatic N) is 1. The fourth-order valence-corrected chi connectivity index (χ4v) is 1.61. The number of amides is 1. The van der Waals surface area contributed by atoms with E-state index < -0.39 is 0 Å². The van der Waals surface area contributed by atoms with Crippen LogP contribution in [-0.4, -0.2) is 10.9 Å². The summed E-state index contributed by atoms with van der Waals surface area (Å²) in [6.45, 7) is 1.96. The molecule has 2 aromatic rings. The summed E-state index contributed by atoms with van der Waals surface area (Å²) in [4.78, 5) is 13.9. The molecule has 2 rings (SSSR count). The fourth-order valence-electron chi connectivity index (χ4n) is 1.61. The Bertz CT molecular complexity index is 577. The first-order valence-electron chi connectivity index (χ1n) is 4.95. The lowest BCUT2D eigenvalue weighted by molar-refractivity contribution is -0.119. The summed E-state index contributed by atoms with van der Waals surface area (Å²) in [6, 6.07) is 7.55. The van der Waals surface area contributed by atoms with Gasteiger partial charge in [-0.05, 0) is 23.8 Å². The van der Waals surface area contributed by atoms with Crippen molar-refractivity contribution in [2.24, 2.45) is 0 Å². The van der Waals surface area contributed by atoms with Crippen LogP contribution in [0.4, 0.5) is 0 Å². The molecule has 0 saturated carbocycles. The Balaban J connectivity index is 2.39. The van der Waals surface area contributed by atoms with Gasteiger partial charge in [0, 0.05) is 30.6 Å². The van der Waals surface area contributed by atoms with Crippen LogP contribution in [0, 0.1) is 11.3 Å². The highest BCUT2D eigenvalue weighted by molar-refractivity contribution is 5.85. The molecule has 4 heteroatoms. The highest BCUT2D eigenvalue weighted by Crippen LogP contribution is 2.19. The zero-order valence-electron chi connectivity index (χ0n) is 8.87. The molecule has 4 nitrogen and oxygen atoms in total. The predicted molar refractivity (Wildman–Crippen MR) is 60.5 cm³/mol. The summed E-state index contributed by atoms with van der Waals surface area (Å²) < 4.78 is 0. The molecule has 1 amide bonds. The maximum Gasteiger partial charge on any atom is 0.217 e. The summed E-state index contributed by atoms with van der Waals surface area (Å²) in [5.41, 5.74) is 2.58. The average Bonchev–Trinajstić information content (AvgIpc) is 2.68. The van der Waals surface area contributed by atoms with E-state index in [1.807, 2.05) is 18.3 Å². The number of nitriles is 1. The van der Waals surface area contributed by atoms with Crippen molar-refractivity contribution in [1.29, 1.82) is 5.26 Å². The minimum atomic E-state index is -0.0641. The van der Waals surface area contributed by atoms with Gasteiger partial charge in [-0.15, -0.1) is 0 Å². The summed E-state index contributed by atoms with van der Waals surface area (Å²) in [7, 11) is 0. The van der Waals surface area contributed by atoms with Crippen molar-refractivity contribution < 1.29 is 4.79 Å². The van der Waals surface area contributed by atoms with E-state index in [1.165, 1.54) is 6.92 Å². The largest absolute Gasteiger partial charge is 0.361 e. The third-order valence-electron chi connectivity index (χ3n) is 2.42. The fraction of sp³-hybridized carbons (Fsp3) is 0.167. The van der Waals surface area contributed by atoms with Crippen LogP contribution in [0.1, 0.15) is 18.1 Å². The molecule has 0 saturated heterocycles. The minimum Gasteiger partial charge on any atom is -0.361 e. The molecule has 0 aliphatic carbocycles. The molecule has 0 spiro atoms. The van der Waals surface area contributed by atoms with Gasteiger partial charge in [-0.2, -0.15) is 5.26 Å². The first kappa shape index (κ1) is 10.2. The molecule has 16 heavy (non-hydrogen) atoms. The van der Waals surface area contributed by atoms with E-state index in [4.69, 9.17) is 5.26 Å². The zero-order valence-corrected chi connectivity index (χ0v) is 8.87. The second-order valence-electron chi connectivity index (χ2n) is 3.60. The quantitative estimate of drug-likeness (QED) is 0.796. The molecule has 80 valence electrons. The van der Waals surface area contributed by atoms with Crippen molar-refractivity contribution in [3.63, 3.8) is 0 Å². The molecule has 1 aromatic carbocycles. The van der Waals surface area contributed by atoms with Gasteiger partial charge in [0.25, 0.3) is 0 Å². The number of nitrogens with one attached hydrogen (secondary N) is 2. The topological polar surface area (TPSA) is 68.7 Å². The molecule has 0 bridgehead atoms. The third-order valence-corrected chi connectivity index (χ3v) is 2.42. The summed E-state index contributed by atoms with van der Waals surface area (Å²) >= 11 is 0. The van der Waals surface area contributed by atoms with Crippen LogP contribution in [0.5, 0.6) is 0 Å². The third kappa shape index (κ3) is 1.89. The summed E-state index contributed by atoms with van der Waals surface area (Å²) in [5.74, 6) is -0.0641. The van der Waals surface area contributed by atoms with Crippen molar-refractivity contribution in [2.45, 2.75) is 13.5 Å². The molecule has 2 N–H and O–H groups in total. The summed E-state index contributed by atoms with van der Waals surface area (Å²) in [5, 5.41) is 12.5. The number of fused-ring (bicyclic) bond motifs is 1. The van der Waals surface area contributed by atoms with E-state index in [-0.39, 0.29) is 5.91 Å². The smallest absolute Gasteiger partial charge is 0.217 e. The molecule has 0 aliphatic rings. The second-order valence-corrected chi connectivity index (χ2v) is 3.60. The number of carbonyl (C=O) groups excluding carboxylic acids is 1. The standard InChI is InChI=1S/C12H11N3O/c1-8(16)14-6-10-7-15-12-3-2-9(5-13)4-11(10)12/h2-4,7,15H,6H2,1H3,(H,14,16). The lowest BCUT2D eigenvalue weighted by Crippen LogP contribution is -2.18. The van der Waals surface area contributed by atoms with E-state index in [0.29, 0.717) is 12.1 Å². The summed E-state index contributed by atoms with van der Waals surface area (Å²) in [6.07, 6.45) is 1.85. The Kier molecular flexibility index (Phi) is 2.61. The van der Waals surface area contributed by atoms with Crippen LogP contribution in [0.15, 0.2) is 24.4 Å². The van der Waals surface area contributed by atoms with Gasteiger partial charge < -0.3 is 10.3 Å². The monoisotopic (exact) mass is 213 g/mol. The van der Waals surface area contributed by atoms with Crippen molar-refractivity contribution in [3.05, 3.63) is 35.5 Å². The van der Waals surface area contributed by atoms with Crippen LogP contribution < -0.4 is 5.32 Å². The van der Waals surface area contributed by atoms with Crippen LogP contribution >= 0.6 is 0 Å². The number of aromatic amines is 1. The average molecular weight is 213 g/mol. The lowest BCUT2D eigenvalue weighted by atomic mass is 10.1. The Morgan fingerprint density at radius 3 is 3.06 bits per heavy atom. The van der Waals surface area contributed by atoms with Gasteiger partial charge in [-0.3, -0.25) is 4.79 Å². The molecule has 0 unspecified atom stereocenters. The van der Waals surface area contributed by atoms with Crippen molar-refractivity contribution in [1.82, 2.24) is 10.3 Å². The molecule has 1 aromatic heterocycles. The maximum atomic E-state index is 10.8. The Hall–Kier alpha value is -2.28. The van der Waals surface area contributed by atoms with Crippen LogP contribution in [0.3, 0.4) is 0 Å². The first-order valence-corrected chi connectivity index (χ1v) is 4.95.